The molecule has 11 heteroatoms. The number of carbonyl (C=O) groups is 2. The summed E-state index contributed by atoms with van der Waals surface area (Å²) in [6.07, 6.45) is 2.64. The lowest BCUT2D eigenvalue weighted by Crippen LogP contribution is -2.32. The van der Waals surface area contributed by atoms with Crippen molar-refractivity contribution in [3.8, 4) is 17.2 Å². The molecule has 0 saturated heterocycles. The third kappa shape index (κ3) is 5.60. The summed E-state index contributed by atoms with van der Waals surface area (Å²) in [6.45, 7) is 0.0908. The maximum absolute atomic E-state index is 12.8. The molecule has 0 atom stereocenters. The number of nitro benzene ring substituents is 1. The third-order valence-corrected chi connectivity index (χ3v) is 4.81. The Morgan fingerprint density at radius 1 is 1.00 bits per heavy atom. The van der Waals surface area contributed by atoms with Gasteiger partial charge in [0.15, 0.2) is 17.2 Å². The first-order valence-corrected chi connectivity index (χ1v) is 10.2. The van der Waals surface area contributed by atoms with Crippen molar-refractivity contribution in [2.75, 3.05) is 6.79 Å². The van der Waals surface area contributed by atoms with E-state index in [-0.39, 0.29) is 12.5 Å². The zero-order valence-corrected chi connectivity index (χ0v) is 18.0. The number of amides is 2. The van der Waals surface area contributed by atoms with E-state index in [2.05, 4.69) is 15.8 Å². The molecule has 4 rings (SSSR count). The second-order valence-electron chi connectivity index (χ2n) is 7.20. The monoisotopic (exact) mass is 474 g/mol. The summed E-state index contributed by atoms with van der Waals surface area (Å²) in [7, 11) is 0. The van der Waals surface area contributed by atoms with Crippen LogP contribution >= 0.6 is 0 Å². The highest BCUT2D eigenvalue weighted by Crippen LogP contribution is 2.33. The smallest absolute Gasteiger partial charge is 0.310 e. The van der Waals surface area contributed by atoms with Crippen molar-refractivity contribution in [1.29, 1.82) is 0 Å². The van der Waals surface area contributed by atoms with Gasteiger partial charge < -0.3 is 19.9 Å². The van der Waals surface area contributed by atoms with Crippen LogP contribution in [0.2, 0.25) is 0 Å². The number of fused-ring (bicyclic) bond motifs is 1. The van der Waals surface area contributed by atoms with Gasteiger partial charge >= 0.3 is 5.69 Å². The highest BCUT2D eigenvalue weighted by Gasteiger charge is 2.17. The predicted molar refractivity (Wildman–Crippen MR) is 125 cm³/mol. The third-order valence-electron chi connectivity index (χ3n) is 4.81. The van der Waals surface area contributed by atoms with Gasteiger partial charge in [0.25, 0.3) is 11.8 Å². The van der Waals surface area contributed by atoms with Crippen LogP contribution in [0.5, 0.6) is 17.2 Å². The number of nitrogens with one attached hydrogen (secondary N) is 2. The average molecular weight is 474 g/mol. The molecule has 0 bridgehead atoms. The Morgan fingerprint density at radius 3 is 2.49 bits per heavy atom. The molecule has 0 fully saturated rings. The molecule has 0 aliphatic carbocycles. The number of nitro groups is 1. The molecule has 2 amide bonds. The molecule has 0 spiro atoms. The molecule has 35 heavy (non-hydrogen) atoms. The van der Waals surface area contributed by atoms with Crippen LogP contribution in [0.3, 0.4) is 0 Å². The van der Waals surface area contributed by atoms with Crippen molar-refractivity contribution in [2.45, 2.75) is 0 Å². The highest BCUT2D eigenvalue weighted by molar-refractivity contribution is 6.05. The van der Waals surface area contributed by atoms with Crippen molar-refractivity contribution in [1.82, 2.24) is 10.7 Å². The summed E-state index contributed by atoms with van der Waals surface area (Å²) < 4.78 is 10.6. The average Bonchev–Trinajstić information content (AvgIpc) is 3.32. The van der Waals surface area contributed by atoms with E-state index in [1.165, 1.54) is 18.4 Å². The molecule has 1 aliphatic rings. The zero-order valence-electron chi connectivity index (χ0n) is 18.0. The number of ether oxygens (including phenoxy) is 2. The molecule has 1 aliphatic heterocycles. The van der Waals surface area contributed by atoms with Gasteiger partial charge in [0.1, 0.15) is 5.70 Å². The number of benzene rings is 3. The first-order valence-electron chi connectivity index (χ1n) is 10.2. The summed E-state index contributed by atoms with van der Waals surface area (Å²) in [5, 5.41) is 26.9. The van der Waals surface area contributed by atoms with E-state index in [0.717, 1.165) is 12.1 Å². The molecule has 0 saturated carbocycles. The number of aromatic hydroxyl groups is 1. The number of nitrogens with zero attached hydrogens (tertiary/aromatic N) is 2. The van der Waals surface area contributed by atoms with E-state index in [1.54, 1.807) is 48.5 Å². The number of phenols is 1. The summed E-state index contributed by atoms with van der Waals surface area (Å²) in [4.78, 5) is 35.6. The number of rotatable bonds is 7. The number of hydrogen-bond acceptors (Lipinski definition) is 8. The Hall–Kier alpha value is -5.19. The fourth-order valence-electron chi connectivity index (χ4n) is 3.11. The summed E-state index contributed by atoms with van der Waals surface area (Å²) in [6, 6.07) is 17.0. The Balaban J connectivity index is 1.54. The Morgan fingerprint density at radius 2 is 1.74 bits per heavy atom. The topological polar surface area (TPSA) is 152 Å². The van der Waals surface area contributed by atoms with Gasteiger partial charge in [-0.2, -0.15) is 5.10 Å². The Bertz CT molecular complexity index is 1350. The number of hydrogen-bond donors (Lipinski definition) is 3. The van der Waals surface area contributed by atoms with Gasteiger partial charge in [-0.1, -0.05) is 24.3 Å². The molecule has 0 aromatic heterocycles. The van der Waals surface area contributed by atoms with E-state index >= 15 is 0 Å². The van der Waals surface area contributed by atoms with Crippen LogP contribution < -0.4 is 20.2 Å². The molecule has 0 radical (unpaired) electrons. The normalized spacial score (nSPS) is 12.4. The maximum Gasteiger partial charge on any atom is 0.310 e. The number of carbonyl (C=O) groups excluding carboxylic acids is 2. The van der Waals surface area contributed by atoms with Gasteiger partial charge in [-0.15, -0.1) is 0 Å². The van der Waals surface area contributed by atoms with Crippen LogP contribution in [0.25, 0.3) is 6.08 Å². The largest absolute Gasteiger partial charge is 0.502 e. The van der Waals surface area contributed by atoms with E-state index in [1.807, 2.05) is 0 Å². The summed E-state index contributed by atoms with van der Waals surface area (Å²) in [5.74, 6) is -0.698. The van der Waals surface area contributed by atoms with E-state index in [4.69, 9.17) is 9.47 Å². The Kier molecular flexibility index (Phi) is 6.68. The van der Waals surface area contributed by atoms with Crippen molar-refractivity contribution in [3.63, 3.8) is 0 Å². The molecule has 176 valence electrons. The van der Waals surface area contributed by atoms with Gasteiger partial charge in [0, 0.05) is 11.6 Å². The van der Waals surface area contributed by atoms with Crippen molar-refractivity contribution in [2.24, 2.45) is 5.10 Å². The van der Waals surface area contributed by atoms with Crippen LogP contribution in [0, 0.1) is 10.1 Å². The van der Waals surface area contributed by atoms with Gasteiger partial charge in [-0.05, 0) is 53.6 Å². The zero-order chi connectivity index (χ0) is 24.8. The first-order chi connectivity index (χ1) is 16.9. The molecule has 11 nitrogen and oxygen atoms in total. The van der Waals surface area contributed by atoms with Gasteiger partial charge in [-0.25, -0.2) is 5.43 Å². The standard InChI is InChI=1S/C24H18N4O7/c29-20-11-16(6-8-19(20)28(32)33)13-25-27-24(31)18(26-23(30)17-4-2-1-3-5-17)10-15-7-9-21-22(12-15)35-14-34-21/h1-13,29H,14H2,(H,26,30)(H,27,31)/b18-10-,25-13+. The highest BCUT2D eigenvalue weighted by atomic mass is 16.7. The summed E-state index contributed by atoms with van der Waals surface area (Å²) >= 11 is 0. The summed E-state index contributed by atoms with van der Waals surface area (Å²) in [5.41, 5.74) is 2.97. The van der Waals surface area contributed by atoms with Crippen LogP contribution in [-0.4, -0.2) is 34.9 Å². The molecule has 0 unspecified atom stereocenters. The fraction of sp³-hybridized carbons (Fsp3) is 0.0417. The second kappa shape index (κ2) is 10.2. The van der Waals surface area contributed by atoms with E-state index < -0.39 is 28.2 Å². The second-order valence-corrected chi connectivity index (χ2v) is 7.20. The van der Waals surface area contributed by atoms with E-state index in [0.29, 0.717) is 28.2 Å². The van der Waals surface area contributed by atoms with E-state index in [9.17, 15) is 24.8 Å². The van der Waals surface area contributed by atoms with Crippen molar-refractivity contribution in [3.05, 3.63) is 99.2 Å². The van der Waals surface area contributed by atoms with Gasteiger partial charge in [0.05, 0.1) is 11.1 Å². The van der Waals surface area contributed by atoms with Gasteiger partial charge in [0.2, 0.25) is 6.79 Å². The van der Waals surface area contributed by atoms with Crippen molar-refractivity contribution >= 4 is 29.8 Å². The molecule has 3 aromatic carbocycles. The SMILES string of the molecule is O=C(N/N=C/c1ccc([N+](=O)[O-])c(O)c1)/C(=C/c1ccc2c(c1)OCO2)NC(=O)c1ccccc1. The number of hydrazone groups is 1. The molecular formula is C24H18N4O7. The number of phenolic OH excluding ortho intramolecular Hbond substituents is 1. The maximum atomic E-state index is 12.8. The molecule has 3 aromatic rings. The minimum absolute atomic E-state index is 0.0908. The first kappa shape index (κ1) is 23.0. The minimum Gasteiger partial charge on any atom is -0.502 e. The molecule has 3 N–H and O–H groups in total. The van der Waals surface area contributed by atoms with Crippen LogP contribution in [0.4, 0.5) is 5.69 Å². The minimum atomic E-state index is -0.727. The van der Waals surface area contributed by atoms with Crippen LogP contribution in [-0.2, 0) is 4.79 Å². The van der Waals surface area contributed by atoms with Crippen LogP contribution in [0.1, 0.15) is 21.5 Å². The lowest BCUT2D eigenvalue weighted by atomic mass is 10.1. The van der Waals surface area contributed by atoms with Crippen LogP contribution in [0.15, 0.2) is 77.5 Å². The Labute approximate surface area is 198 Å². The lowest BCUT2D eigenvalue weighted by molar-refractivity contribution is -0.385. The quantitative estimate of drug-likeness (QED) is 0.206. The fourth-order valence-corrected chi connectivity index (χ4v) is 3.11. The molecular weight excluding hydrogens is 456 g/mol. The predicted octanol–water partition coefficient (Wildman–Crippen LogP) is 2.95. The molecule has 1 heterocycles. The lowest BCUT2D eigenvalue weighted by Gasteiger charge is -2.09. The van der Waals surface area contributed by atoms with Gasteiger partial charge in [-0.3, -0.25) is 19.7 Å². The van der Waals surface area contributed by atoms with Crippen molar-refractivity contribution < 1.29 is 29.1 Å².